The molecular weight excluding hydrogens is 499 g/mol. The number of halogens is 3. The average Bonchev–Trinajstić information content (AvgIpc) is 2.87. The van der Waals surface area contributed by atoms with Gasteiger partial charge in [-0.15, -0.1) is 0 Å². The summed E-state index contributed by atoms with van der Waals surface area (Å²) in [6, 6.07) is 15.7. The number of nitrogens with zero attached hydrogens (tertiary/aromatic N) is 2. The molecule has 190 valence electrons. The number of benzene rings is 3. The fourth-order valence-corrected chi connectivity index (χ4v) is 4.57. The highest BCUT2D eigenvalue weighted by Crippen LogP contribution is 2.33. The molecule has 0 radical (unpaired) electrons. The highest BCUT2D eigenvalue weighted by atomic mass is 32.2. The number of carbonyl (C=O) groups excluding carboxylic acids is 1. The molecule has 0 saturated heterocycles. The minimum Gasteiger partial charge on any atom is -0.497 e. The molecule has 0 aliphatic rings. The highest BCUT2D eigenvalue weighted by Gasteiger charge is 2.33. The monoisotopic (exact) mass is 521 g/mol. The summed E-state index contributed by atoms with van der Waals surface area (Å²) in [5.74, 6) is 0.0659. The summed E-state index contributed by atoms with van der Waals surface area (Å²) in [4.78, 5) is 12.4. The first-order valence-electron chi connectivity index (χ1n) is 10.3. The van der Waals surface area contributed by atoms with Crippen LogP contribution in [0.15, 0.2) is 82.8 Å². The zero-order valence-corrected chi connectivity index (χ0v) is 20.0. The van der Waals surface area contributed by atoms with E-state index in [0.717, 1.165) is 12.1 Å². The zero-order valence-electron chi connectivity index (χ0n) is 19.2. The van der Waals surface area contributed by atoms with Gasteiger partial charge in [-0.05, 0) is 42.5 Å². The van der Waals surface area contributed by atoms with Crippen molar-refractivity contribution in [3.05, 3.63) is 83.9 Å². The highest BCUT2D eigenvalue weighted by molar-refractivity contribution is 7.92. The van der Waals surface area contributed by atoms with E-state index in [1.54, 1.807) is 24.3 Å². The molecule has 0 bridgehead atoms. The minimum atomic E-state index is -4.71. The van der Waals surface area contributed by atoms with Crippen LogP contribution < -0.4 is 19.2 Å². The Morgan fingerprint density at radius 2 is 1.72 bits per heavy atom. The molecule has 3 aromatic carbocycles. The third-order valence-electron chi connectivity index (χ3n) is 4.91. The molecule has 1 amide bonds. The van der Waals surface area contributed by atoms with Crippen LogP contribution >= 0.6 is 0 Å². The molecule has 3 aromatic rings. The average molecular weight is 522 g/mol. The van der Waals surface area contributed by atoms with Gasteiger partial charge in [0.2, 0.25) is 0 Å². The second-order valence-corrected chi connectivity index (χ2v) is 9.14. The maximum atomic E-state index is 13.3. The lowest BCUT2D eigenvalue weighted by Crippen LogP contribution is -2.39. The van der Waals surface area contributed by atoms with E-state index < -0.39 is 34.2 Å². The number of rotatable bonds is 9. The van der Waals surface area contributed by atoms with Gasteiger partial charge in [-0.2, -0.15) is 18.3 Å². The van der Waals surface area contributed by atoms with Crippen LogP contribution in [-0.4, -0.2) is 41.3 Å². The van der Waals surface area contributed by atoms with E-state index in [9.17, 15) is 26.4 Å². The number of alkyl halides is 3. The molecule has 3 rings (SSSR count). The second-order valence-electron chi connectivity index (χ2n) is 7.27. The predicted octanol–water partition coefficient (Wildman–Crippen LogP) is 4.07. The molecule has 0 spiro atoms. The predicted molar refractivity (Wildman–Crippen MR) is 128 cm³/mol. The van der Waals surface area contributed by atoms with Gasteiger partial charge in [0.25, 0.3) is 15.9 Å². The van der Waals surface area contributed by atoms with Gasteiger partial charge in [0.05, 0.1) is 36.6 Å². The number of nitrogens with one attached hydrogen (secondary N) is 1. The van der Waals surface area contributed by atoms with E-state index in [0.29, 0.717) is 27.4 Å². The molecule has 0 saturated carbocycles. The van der Waals surface area contributed by atoms with Crippen LogP contribution in [0.2, 0.25) is 0 Å². The third kappa shape index (κ3) is 6.33. The Labute approximate surface area is 206 Å². The summed E-state index contributed by atoms with van der Waals surface area (Å²) in [5, 5.41) is 3.82. The Hall–Kier alpha value is -4.06. The van der Waals surface area contributed by atoms with Crippen molar-refractivity contribution in [3.8, 4) is 11.5 Å². The van der Waals surface area contributed by atoms with E-state index in [2.05, 4.69) is 10.5 Å². The van der Waals surface area contributed by atoms with Crippen molar-refractivity contribution < 1.29 is 35.9 Å². The van der Waals surface area contributed by atoms with Crippen molar-refractivity contribution in [2.45, 2.75) is 11.1 Å². The van der Waals surface area contributed by atoms with Crippen molar-refractivity contribution in [1.82, 2.24) is 5.43 Å². The first kappa shape index (κ1) is 26.5. The zero-order chi connectivity index (χ0) is 26.3. The number of sulfonamides is 1. The maximum Gasteiger partial charge on any atom is 0.416 e. The largest absolute Gasteiger partial charge is 0.497 e. The molecule has 36 heavy (non-hydrogen) atoms. The Morgan fingerprint density at radius 1 is 1.00 bits per heavy atom. The summed E-state index contributed by atoms with van der Waals surface area (Å²) >= 11 is 0. The van der Waals surface area contributed by atoms with E-state index in [-0.39, 0.29) is 10.6 Å². The van der Waals surface area contributed by atoms with Gasteiger partial charge >= 0.3 is 6.18 Å². The lowest BCUT2D eigenvalue weighted by molar-refractivity contribution is -0.137. The normalized spacial score (nSPS) is 11.8. The number of hydrogen-bond acceptors (Lipinski definition) is 6. The van der Waals surface area contributed by atoms with Crippen molar-refractivity contribution in [1.29, 1.82) is 0 Å². The molecule has 0 unspecified atom stereocenters. The van der Waals surface area contributed by atoms with Crippen molar-refractivity contribution in [2.24, 2.45) is 5.10 Å². The molecule has 0 fully saturated rings. The summed E-state index contributed by atoms with van der Waals surface area (Å²) in [7, 11) is -1.46. The first-order chi connectivity index (χ1) is 17.1. The number of carbonyl (C=O) groups is 1. The Morgan fingerprint density at radius 3 is 2.36 bits per heavy atom. The van der Waals surface area contributed by atoms with E-state index in [4.69, 9.17) is 9.47 Å². The number of methoxy groups -OCH3 is 2. The number of hydrazone groups is 1. The quantitative estimate of drug-likeness (QED) is 0.338. The lowest BCUT2D eigenvalue weighted by atomic mass is 10.2. The summed E-state index contributed by atoms with van der Waals surface area (Å²) in [6.45, 7) is -0.824. The smallest absolute Gasteiger partial charge is 0.416 e. The van der Waals surface area contributed by atoms with Gasteiger partial charge < -0.3 is 9.47 Å². The van der Waals surface area contributed by atoms with Crippen LogP contribution in [-0.2, 0) is 21.0 Å². The minimum absolute atomic E-state index is 0.193. The van der Waals surface area contributed by atoms with E-state index in [1.807, 2.05) is 0 Å². The molecule has 12 heteroatoms. The topological polar surface area (TPSA) is 97.3 Å². The van der Waals surface area contributed by atoms with Gasteiger partial charge in [-0.3, -0.25) is 9.10 Å². The van der Waals surface area contributed by atoms with Gasteiger partial charge in [-0.1, -0.05) is 24.3 Å². The van der Waals surface area contributed by atoms with Crippen LogP contribution in [0.5, 0.6) is 11.5 Å². The second kappa shape index (κ2) is 11.1. The van der Waals surface area contributed by atoms with Gasteiger partial charge in [0.1, 0.15) is 18.0 Å². The van der Waals surface area contributed by atoms with Crippen molar-refractivity contribution in [2.75, 3.05) is 25.1 Å². The van der Waals surface area contributed by atoms with Crippen LogP contribution in [0.4, 0.5) is 18.9 Å². The molecule has 8 nitrogen and oxygen atoms in total. The van der Waals surface area contributed by atoms with Gasteiger partial charge in [0, 0.05) is 11.6 Å². The van der Waals surface area contributed by atoms with Crippen LogP contribution in [0.3, 0.4) is 0 Å². The standard InChI is InChI=1S/C24H22F3N3O5S/c1-34-20-12-11-17(22(14-20)35-2)15-28-29-23(31)16-30(36(32,33)21-9-4-3-5-10-21)19-8-6-7-18(13-19)24(25,26)27/h3-15H,16H2,1-2H3,(H,29,31)/b28-15-. The molecule has 1 N–H and O–H groups in total. The summed E-state index contributed by atoms with van der Waals surface area (Å²) < 4.78 is 77.3. The first-order valence-corrected chi connectivity index (χ1v) is 11.8. The molecule has 0 aromatic heterocycles. The summed E-state index contributed by atoms with van der Waals surface area (Å²) in [5.41, 5.74) is 1.30. The van der Waals surface area contributed by atoms with E-state index >= 15 is 0 Å². The number of ether oxygens (including phenoxy) is 2. The Bertz CT molecular complexity index is 1350. The van der Waals surface area contributed by atoms with Crippen LogP contribution in [0.1, 0.15) is 11.1 Å². The number of anilines is 1. The van der Waals surface area contributed by atoms with Crippen LogP contribution in [0, 0.1) is 0 Å². The van der Waals surface area contributed by atoms with Crippen molar-refractivity contribution in [3.63, 3.8) is 0 Å². The Balaban J connectivity index is 1.89. The fraction of sp³-hybridized carbons (Fsp3) is 0.167. The molecular formula is C24H22F3N3O5S. The molecule has 0 aliphatic carbocycles. The fourth-order valence-electron chi connectivity index (χ4n) is 3.14. The SMILES string of the molecule is COc1ccc(/C=N\NC(=O)CN(c2cccc(C(F)(F)F)c2)S(=O)(=O)c2ccccc2)c(OC)c1. The maximum absolute atomic E-state index is 13.3. The Kier molecular flexibility index (Phi) is 8.20. The third-order valence-corrected chi connectivity index (χ3v) is 6.70. The summed E-state index contributed by atoms with van der Waals surface area (Å²) in [6.07, 6.45) is -3.43. The van der Waals surface area contributed by atoms with Gasteiger partial charge in [0.15, 0.2) is 0 Å². The lowest BCUT2D eigenvalue weighted by Gasteiger charge is -2.24. The van der Waals surface area contributed by atoms with Gasteiger partial charge in [-0.25, -0.2) is 13.8 Å². The number of amides is 1. The molecule has 0 atom stereocenters. The van der Waals surface area contributed by atoms with Crippen molar-refractivity contribution >= 4 is 27.8 Å². The number of hydrogen-bond donors (Lipinski definition) is 1. The molecule has 0 aliphatic heterocycles. The van der Waals surface area contributed by atoms with Crippen LogP contribution in [0.25, 0.3) is 0 Å². The molecule has 0 heterocycles. The van der Waals surface area contributed by atoms with E-state index in [1.165, 1.54) is 50.8 Å².